The van der Waals surface area contributed by atoms with Crippen LogP contribution in [0.2, 0.25) is 0 Å². The number of thioether (sulfide) groups is 1. The van der Waals surface area contributed by atoms with Crippen LogP contribution >= 0.6 is 11.8 Å². The van der Waals surface area contributed by atoms with Gasteiger partial charge in [0.1, 0.15) is 4.90 Å². The highest BCUT2D eigenvalue weighted by atomic mass is 32.2. The van der Waals surface area contributed by atoms with Gasteiger partial charge in [0, 0.05) is 53.6 Å². The summed E-state index contributed by atoms with van der Waals surface area (Å²) in [7, 11) is -11.0. The lowest BCUT2D eigenvalue weighted by Crippen LogP contribution is -2.38. The van der Waals surface area contributed by atoms with E-state index in [1.54, 1.807) is 12.1 Å². The van der Waals surface area contributed by atoms with Gasteiger partial charge in [0.15, 0.2) is 0 Å². The van der Waals surface area contributed by atoms with E-state index in [4.69, 9.17) is 0 Å². The molecule has 3 atom stereocenters. The molecule has 2 aliphatic rings. The molecular formula is C48H53F3N4O7S3. The van der Waals surface area contributed by atoms with Crippen molar-refractivity contribution in [2.75, 3.05) is 48.8 Å². The number of nitrogens with zero attached hydrogens (tertiary/aromatic N) is 2. The number of aliphatic hydroxyl groups is 2. The summed E-state index contributed by atoms with van der Waals surface area (Å²) in [6, 6.07) is 33.3. The molecule has 346 valence electrons. The van der Waals surface area contributed by atoms with E-state index in [1.165, 1.54) is 23.9 Å². The number of benzene rings is 5. The quantitative estimate of drug-likeness (QED) is 0.0664. The Kier molecular flexibility index (Phi) is 15.3. The minimum atomic E-state index is -6.09. The molecule has 2 fully saturated rings. The number of rotatable bonds is 17. The van der Waals surface area contributed by atoms with Gasteiger partial charge in [-0.3, -0.25) is 9.69 Å². The summed E-state index contributed by atoms with van der Waals surface area (Å²) in [6.45, 7) is 4.35. The minimum absolute atomic E-state index is 0.00456. The third-order valence-electron chi connectivity index (χ3n) is 12.2. The van der Waals surface area contributed by atoms with Crippen LogP contribution < -0.4 is 14.9 Å². The number of hydrogen-bond donors (Lipinski definition) is 4. The first kappa shape index (κ1) is 48.0. The molecule has 0 bridgehead atoms. The van der Waals surface area contributed by atoms with E-state index in [0.29, 0.717) is 50.7 Å². The second kappa shape index (κ2) is 20.7. The molecule has 2 heterocycles. The fraction of sp³-hybridized carbons (Fsp3) is 0.354. The number of nitrogens with one attached hydrogen (secondary N) is 2. The number of sulfonamides is 1. The number of sulfone groups is 1. The van der Waals surface area contributed by atoms with Crippen LogP contribution in [0.5, 0.6) is 0 Å². The zero-order valence-corrected chi connectivity index (χ0v) is 38.3. The SMILES string of the molecule is Cc1ccc(-c2ccccc2[C@H](O)C2CCN(c3ccc(C(=O)NS(=O)(=O)c4ccc(N[C@@H](CSc5ccccc5)C[C@H]5CCCN5CCO)c(S(=O)(=O)C(F)(F)F)c4)cc3)CC2)cc1. The predicted molar refractivity (Wildman–Crippen MR) is 248 cm³/mol. The zero-order chi connectivity index (χ0) is 46.4. The number of anilines is 2. The molecule has 2 saturated heterocycles. The Labute approximate surface area is 383 Å². The topological polar surface area (TPSA) is 156 Å². The molecule has 5 aromatic rings. The fourth-order valence-corrected chi connectivity index (χ4v) is 11.7. The van der Waals surface area contributed by atoms with Crippen LogP contribution in [0.15, 0.2) is 136 Å². The molecule has 0 spiro atoms. The number of aliphatic hydroxyl groups excluding tert-OH is 2. The number of halogens is 3. The van der Waals surface area contributed by atoms with Crippen molar-refractivity contribution < 1.29 is 45.0 Å². The van der Waals surface area contributed by atoms with Gasteiger partial charge in [-0.1, -0.05) is 72.3 Å². The number of carbonyl (C=O) groups is 1. The smallest absolute Gasteiger partial charge is 0.395 e. The minimum Gasteiger partial charge on any atom is -0.395 e. The Morgan fingerprint density at radius 2 is 1.52 bits per heavy atom. The molecular weight excluding hydrogens is 898 g/mol. The molecule has 2 aliphatic heterocycles. The first-order chi connectivity index (χ1) is 31.0. The van der Waals surface area contributed by atoms with E-state index in [1.807, 2.05) is 78.4 Å². The van der Waals surface area contributed by atoms with Crippen LogP contribution in [0, 0.1) is 12.8 Å². The molecule has 65 heavy (non-hydrogen) atoms. The lowest BCUT2D eigenvalue weighted by Gasteiger charge is -2.36. The third-order valence-corrected chi connectivity index (χ3v) is 16.2. The molecule has 11 nitrogen and oxygen atoms in total. The van der Waals surface area contributed by atoms with Crippen LogP contribution in [-0.4, -0.2) is 94.0 Å². The molecule has 0 unspecified atom stereocenters. The van der Waals surface area contributed by atoms with Gasteiger partial charge in [0.25, 0.3) is 25.8 Å². The number of likely N-dealkylation sites (tertiary alicyclic amines) is 1. The van der Waals surface area contributed by atoms with E-state index in [-0.39, 0.29) is 24.1 Å². The van der Waals surface area contributed by atoms with Crippen LogP contribution in [0.1, 0.15) is 59.7 Å². The highest BCUT2D eigenvalue weighted by molar-refractivity contribution is 7.99. The Balaban J connectivity index is 1.04. The third kappa shape index (κ3) is 11.6. The number of hydrogen-bond acceptors (Lipinski definition) is 11. The standard InChI is InChI=1S/C48H53F3N4O7S3/c1-33-13-15-34(16-14-33)42-11-5-6-12-43(42)46(57)35-23-26-55(27-24-35)38-19-17-36(18-20-38)47(58)53-65(61,62)41-21-22-44(45(31-41)64(59,60)48(49,50)51)52-37(32-63-40-9-3-2-4-10-40)30-39-8-7-25-54(39)28-29-56/h2-6,9-22,31,35,37,39,46,52,56-57H,7-8,23-30,32H2,1H3,(H,53,58)/t37-,39-,46-/m1/s1. The number of alkyl halides is 3. The number of β-amino-alcohol motifs (C(OH)–C–C–N with tert-alkyl or cyclic N) is 1. The van der Waals surface area contributed by atoms with Crippen molar-refractivity contribution in [3.05, 3.63) is 138 Å². The van der Waals surface area contributed by atoms with Crippen molar-refractivity contribution in [1.29, 1.82) is 0 Å². The first-order valence-electron chi connectivity index (χ1n) is 21.5. The summed E-state index contributed by atoms with van der Waals surface area (Å²) < 4.78 is 97.9. The summed E-state index contributed by atoms with van der Waals surface area (Å²) >= 11 is 1.43. The number of aryl methyl sites for hydroxylation is 1. The average Bonchev–Trinajstić information content (AvgIpc) is 3.74. The van der Waals surface area contributed by atoms with Crippen LogP contribution in [0.4, 0.5) is 24.5 Å². The van der Waals surface area contributed by atoms with Gasteiger partial charge >= 0.3 is 5.51 Å². The van der Waals surface area contributed by atoms with Crippen molar-refractivity contribution in [1.82, 2.24) is 9.62 Å². The molecule has 5 aromatic carbocycles. The predicted octanol–water partition coefficient (Wildman–Crippen LogP) is 8.44. The summed E-state index contributed by atoms with van der Waals surface area (Å²) in [4.78, 5) is 16.3. The Morgan fingerprint density at radius 1 is 0.846 bits per heavy atom. The van der Waals surface area contributed by atoms with Crippen molar-refractivity contribution in [2.24, 2.45) is 5.92 Å². The normalized spacial score (nSPS) is 17.4. The van der Waals surface area contributed by atoms with Gasteiger partial charge in [-0.2, -0.15) is 13.2 Å². The van der Waals surface area contributed by atoms with Crippen molar-refractivity contribution >= 4 is 48.9 Å². The molecule has 4 N–H and O–H groups in total. The average molecular weight is 951 g/mol. The maximum absolute atomic E-state index is 14.2. The monoisotopic (exact) mass is 950 g/mol. The van der Waals surface area contributed by atoms with E-state index in [9.17, 15) is 45.0 Å². The van der Waals surface area contributed by atoms with Gasteiger partial charge in [-0.15, -0.1) is 11.8 Å². The number of piperidine rings is 1. The summed E-state index contributed by atoms with van der Waals surface area (Å²) in [5, 5.41) is 24.1. The van der Waals surface area contributed by atoms with Gasteiger partial charge in [0.2, 0.25) is 0 Å². The van der Waals surface area contributed by atoms with E-state index in [0.717, 1.165) is 64.4 Å². The van der Waals surface area contributed by atoms with Gasteiger partial charge < -0.3 is 20.4 Å². The molecule has 7 rings (SSSR count). The highest BCUT2D eigenvalue weighted by Crippen LogP contribution is 2.39. The lowest BCUT2D eigenvalue weighted by atomic mass is 9.84. The number of carbonyl (C=O) groups excluding carboxylic acids is 1. The molecule has 0 aromatic heterocycles. The van der Waals surface area contributed by atoms with Crippen LogP contribution in [-0.2, 0) is 19.9 Å². The van der Waals surface area contributed by atoms with Crippen LogP contribution in [0.3, 0.4) is 0 Å². The van der Waals surface area contributed by atoms with Gasteiger partial charge in [-0.25, -0.2) is 21.6 Å². The summed E-state index contributed by atoms with van der Waals surface area (Å²) in [5.74, 6) is -0.723. The summed E-state index contributed by atoms with van der Waals surface area (Å²) in [6.07, 6.45) is 2.76. The molecule has 0 saturated carbocycles. The maximum atomic E-state index is 14.2. The first-order valence-corrected chi connectivity index (χ1v) is 25.5. The van der Waals surface area contributed by atoms with Crippen molar-refractivity contribution in [3.8, 4) is 11.1 Å². The Bertz CT molecular complexity index is 2630. The van der Waals surface area contributed by atoms with E-state index < -0.39 is 58.9 Å². The Hall–Kier alpha value is -4.91. The largest absolute Gasteiger partial charge is 0.501 e. The summed E-state index contributed by atoms with van der Waals surface area (Å²) in [5.41, 5.74) is -1.43. The van der Waals surface area contributed by atoms with E-state index in [2.05, 4.69) is 27.2 Å². The molecule has 1 amide bonds. The zero-order valence-electron chi connectivity index (χ0n) is 35.8. The second-order valence-corrected chi connectivity index (χ2v) is 21.3. The highest BCUT2D eigenvalue weighted by Gasteiger charge is 2.48. The number of amides is 1. The van der Waals surface area contributed by atoms with Gasteiger partial charge in [0.05, 0.1) is 23.3 Å². The van der Waals surface area contributed by atoms with Crippen LogP contribution in [0.25, 0.3) is 11.1 Å². The fourth-order valence-electron chi connectivity index (χ4n) is 8.69. The lowest BCUT2D eigenvalue weighted by molar-refractivity contribution is -0.0435. The Morgan fingerprint density at radius 3 is 2.20 bits per heavy atom. The van der Waals surface area contributed by atoms with Crippen molar-refractivity contribution in [2.45, 2.75) is 77.4 Å². The maximum Gasteiger partial charge on any atom is 0.501 e. The molecule has 0 radical (unpaired) electrons. The molecule has 0 aliphatic carbocycles. The second-order valence-electron chi connectivity index (χ2n) is 16.6. The van der Waals surface area contributed by atoms with E-state index >= 15 is 0 Å². The molecule has 17 heteroatoms. The van der Waals surface area contributed by atoms with Gasteiger partial charge in [-0.05, 0) is 123 Å². The van der Waals surface area contributed by atoms with Crippen molar-refractivity contribution in [3.63, 3.8) is 0 Å².